The summed E-state index contributed by atoms with van der Waals surface area (Å²) in [4.78, 5) is 0.605. The van der Waals surface area contributed by atoms with E-state index in [9.17, 15) is 13.2 Å². The van der Waals surface area contributed by atoms with Crippen molar-refractivity contribution in [3.8, 4) is 6.07 Å². The van der Waals surface area contributed by atoms with E-state index in [2.05, 4.69) is 13.8 Å². The molecule has 21 heavy (non-hydrogen) atoms. The summed E-state index contributed by atoms with van der Waals surface area (Å²) in [5.41, 5.74) is -1.13. The van der Waals surface area contributed by atoms with Crippen molar-refractivity contribution in [1.29, 1.82) is 5.26 Å². The lowest BCUT2D eigenvalue weighted by molar-refractivity contribution is -0.137. The molecule has 116 valence electrons. The third kappa shape index (κ3) is 5.62. The standard InChI is InChI=1S/C13H12F3NS.C3H8/c14-13(15,16)12-7-11(6-5-9(12)8-17)18-10-3-1-2-4-10;1-3-2/h5-7,10H,1-4H2;3H2,1-2H3. The van der Waals surface area contributed by atoms with Crippen LogP contribution < -0.4 is 0 Å². The zero-order valence-corrected chi connectivity index (χ0v) is 13.2. The van der Waals surface area contributed by atoms with Crippen LogP contribution in [0.4, 0.5) is 13.2 Å². The molecular formula is C16H20F3NS. The van der Waals surface area contributed by atoms with Crippen molar-refractivity contribution >= 4 is 11.8 Å². The molecule has 0 radical (unpaired) electrons. The molecule has 0 heterocycles. The predicted octanol–water partition coefficient (Wildman–Crippen LogP) is 6.03. The number of alkyl halides is 3. The molecule has 1 aliphatic rings. The molecule has 1 fully saturated rings. The number of rotatable bonds is 2. The summed E-state index contributed by atoms with van der Waals surface area (Å²) >= 11 is 1.49. The zero-order chi connectivity index (χ0) is 15.9. The van der Waals surface area contributed by atoms with E-state index < -0.39 is 11.7 Å². The summed E-state index contributed by atoms with van der Waals surface area (Å²) in [6.07, 6.45) is 1.22. The number of benzene rings is 1. The van der Waals surface area contributed by atoms with Gasteiger partial charge in [-0.2, -0.15) is 18.4 Å². The first-order valence-electron chi connectivity index (χ1n) is 7.20. The third-order valence-electron chi connectivity index (χ3n) is 3.02. The molecular weight excluding hydrogens is 295 g/mol. The second-order valence-electron chi connectivity index (χ2n) is 5.05. The van der Waals surface area contributed by atoms with Crippen LogP contribution in [0.1, 0.15) is 57.1 Å². The van der Waals surface area contributed by atoms with Gasteiger partial charge in [0, 0.05) is 10.1 Å². The van der Waals surface area contributed by atoms with E-state index in [1.54, 1.807) is 12.1 Å². The molecule has 0 atom stereocenters. The van der Waals surface area contributed by atoms with E-state index in [4.69, 9.17) is 5.26 Å². The van der Waals surface area contributed by atoms with E-state index in [1.165, 1.54) is 24.2 Å². The average molecular weight is 315 g/mol. The molecule has 1 aliphatic carbocycles. The molecule has 0 N–H and O–H groups in total. The van der Waals surface area contributed by atoms with Gasteiger partial charge in [0.05, 0.1) is 17.2 Å². The van der Waals surface area contributed by atoms with Gasteiger partial charge < -0.3 is 0 Å². The Hall–Kier alpha value is -1.15. The summed E-state index contributed by atoms with van der Waals surface area (Å²) in [6, 6.07) is 5.56. The minimum absolute atomic E-state index is 0.307. The fourth-order valence-electron chi connectivity index (χ4n) is 2.13. The quantitative estimate of drug-likeness (QED) is 0.665. The summed E-state index contributed by atoms with van der Waals surface area (Å²) in [7, 11) is 0. The van der Waals surface area contributed by atoms with Crippen LogP contribution in [0.3, 0.4) is 0 Å². The largest absolute Gasteiger partial charge is 0.417 e. The number of hydrogen-bond donors (Lipinski definition) is 0. The van der Waals surface area contributed by atoms with Crippen molar-refractivity contribution in [3.63, 3.8) is 0 Å². The van der Waals surface area contributed by atoms with Crippen LogP contribution in [0, 0.1) is 11.3 Å². The maximum absolute atomic E-state index is 12.8. The Kier molecular flexibility index (Phi) is 7.10. The fourth-order valence-corrected chi connectivity index (χ4v) is 3.41. The van der Waals surface area contributed by atoms with E-state index in [0.717, 1.165) is 31.7 Å². The number of thioether (sulfide) groups is 1. The Morgan fingerprint density at radius 3 is 2.29 bits per heavy atom. The number of hydrogen-bond acceptors (Lipinski definition) is 2. The van der Waals surface area contributed by atoms with Gasteiger partial charge in [0.15, 0.2) is 0 Å². The van der Waals surface area contributed by atoms with E-state index in [-0.39, 0.29) is 5.56 Å². The predicted molar refractivity (Wildman–Crippen MR) is 80.2 cm³/mol. The molecule has 0 bridgehead atoms. The van der Waals surface area contributed by atoms with E-state index in [0.29, 0.717) is 10.1 Å². The lowest BCUT2D eigenvalue weighted by atomic mass is 10.1. The molecule has 1 saturated carbocycles. The van der Waals surface area contributed by atoms with Crippen molar-refractivity contribution in [3.05, 3.63) is 29.3 Å². The van der Waals surface area contributed by atoms with Gasteiger partial charge in [-0.25, -0.2) is 0 Å². The van der Waals surface area contributed by atoms with Crippen LogP contribution in [0.2, 0.25) is 0 Å². The molecule has 1 nitrogen and oxygen atoms in total. The molecule has 2 rings (SSSR count). The van der Waals surface area contributed by atoms with Gasteiger partial charge in [0.1, 0.15) is 0 Å². The summed E-state index contributed by atoms with van der Waals surface area (Å²) in [6.45, 7) is 4.25. The Morgan fingerprint density at radius 2 is 1.81 bits per heavy atom. The first kappa shape index (κ1) is 17.9. The normalized spacial score (nSPS) is 15.2. The van der Waals surface area contributed by atoms with Crippen molar-refractivity contribution in [2.45, 2.75) is 62.3 Å². The van der Waals surface area contributed by atoms with Gasteiger partial charge in [0.25, 0.3) is 0 Å². The first-order chi connectivity index (χ1) is 9.92. The van der Waals surface area contributed by atoms with Crippen LogP contribution in [0.25, 0.3) is 0 Å². The molecule has 1 aromatic carbocycles. The number of nitriles is 1. The Balaban J connectivity index is 0.000000677. The maximum Gasteiger partial charge on any atom is 0.417 e. The highest BCUT2D eigenvalue weighted by Gasteiger charge is 2.34. The van der Waals surface area contributed by atoms with Crippen molar-refractivity contribution in [2.24, 2.45) is 0 Å². The lowest BCUT2D eigenvalue weighted by Crippen LogP contribution is -2.08. The van der Waals surface area contributed by atoms with Gasteiger partial charge in [0.2, 0.25) is 0 Å². The highest BCUT2D eigenvalue weighted by Crippen LogP contribution is 2.38. The highest BCUT2D eigenvalue weighted by atomic mass is 32.2. The van der Waals surface area contributed by atoms with Gasteiger partial charge in [-0.1, -0.05) is 33.1 Å². The van der Waals surface area contributed by atoms with E-state index >= 15 is 0 Å². The maximum atomic E-state index is 12.8. The molecule has 0 aliphatic heterocycles. The SMILES string of the molecule is CCC.N#Cc1ccc(SC2CCCC2)cc1C(F)(F)F. The minimum Gasteiger partial charge on any atom is -0.192 e. The summed E-state index contributed by atoms with van der Waals surface area (Å²) in [5.74, 6) is 0. The Bertz CT molecular complexity index is 485. The molecule has 0 unspecified atom stereocenters. The fraction of sp³-hybridized carbons (Fsp3) is 0.562. The number of nitrogens with zero attached hydrogens (tertiary/aromatic N) is 1. The highest BCUT2D eigenvalue weighted by molar-refractivity contribution is 8.00. The van der Waals surface area contributed by atoms with Crippen LogP contribution in [-0.2, 0) is 6.18 Å². The third-order valence-corrected chi connectivity index (χ3v) is 4.35. The molecule has 5 heteroatoms. The van der Waals surface area contributed by atoms with Crippen LogP contribution in [0.15, 0.2) is 23.1 Å². The topological polar surface area (TPSA) is 23.8 Å². The molecule has 0 aromatic heterocycles. The van der Waals surface area contributed by atoms with Crippen molar-refractivity contribution < 1.29 is 13.2 Å². The molecule has 1 aromatic rings. The molecule has 0 spiro atoms. The van der Waals surface area contributed by atoms with Crippen molar-refractivity contribution in [2.75, 3.05) is 0 Å². The van der Waals surface area contributed by atoms with E-state index in [1.807, 2.05) is 0 Å². The lowest BCUT2D eigenvalue weighted by Gasteiger charge is -2.13. The monoisotopic (exact) mass is 315 g/mol. The summed E-state index contributed by atoms with van der Waals surface area (Å²) in [5, 5.41) is 9.12. The van der Waals surface area contributed by atoms with Crippen molar-refractivity contribution in [1.82, 2.24) is 0 Å². The Labute approximate surface area is 128 Å². The summed E-state index contributed by atoms with van der Waals surface area (Å²) < 4.78 is 38.3. The molecule has 0 saturated heterocycles. The molecule has 0 amide bonds. The zero-order valence-electron chi connectivity index (χ0n) is 12.3. The van der Waals surface area contributed by atoms with Crippen LogP contribution >= 0.6 is 11.8 Å². The van der Waals surface area contributed by atoms with Gasteiger partial charge in [-0.05, 0) is 31.0 Å². The number of halogens is 3. The van der Waals surface area contributed by atoms with Gasteiger partial charge >= 0.3 is 6.18 Å². The second kappa shape index (κ2) is 8.33. The minimum atomic E-state index is -4.46. The van der Waals surface area contributed by atoms with Gasteiger partial charge in [-0.3, -0.25) is 0 Å². The Morgan fingerprint density at radius 1 is 1.24 bits per heavy atom. The van der Waals surface area contributed by atoms with Gasteiger partial charge in [-0.15, -0.1) is 11.8 Å². The second-order valence-corrected chi connectivity index (χ2v) is 6.42. The van der Waals surface area contributed by atoms with Crippen LogP contribution in [0.5, 0.6) is 0 Å². The first-order valence-corrected chi connectivity index (χ1v) is 8.08. The smallest absolute Gasteiger partial charge is 0.192 e. The van der Waals surface area contributed by atoms with Crippen LogP contribution in [-0.4, -0.2) is 5.25 Å². The average Bonchev–Trinajstić information content (AvgIpc) is 2.91.